The highest BCUT2D eigenvalue weighted by Crippen LogP contribution is 2.44. The minimum Gasteiger partial charge on any atom is -0.477 e. The van der Waals surface area contributed by atoms with Gasteiger partial charge in [0.2, 0.25) is 0 Å². The average Bonchev–Trinajstić information content (AvgIpc) is 3.39. The van der Waals surface area contributed by atoms with Gasteiger partial charge in [-0.2, -0.15) is 0 Å². The standard InChI is InChI=1S/C21H26FN3O3/c1-3-17(23)13-6-7-24(9-13)19-11(2)18-14(12-4-5-12)8-15(21(27)28)20(26)25(18)10-16(19)22/h8,10,12-13,17H,3-7,9,23H2,1-2H3,(H,27,28). The van der Waals surface area contributed by atoms with Crippen LogP contribution in [0.5, 0.6) is 0 Å². The molecule has 4 rings (SSSR count). The van der Waals surface area contributed by atoms with E-state index < -0.39 is 17.3 Å². The van der Waals surface area contributed by atoms with Crippen LogP contribution in [-0.4, -0.2) is 34.6 Å². The van der Waals surface area contributed by atoms with Crippen molar-refractivity contribution >= 4 is 17.2 Å². The van der Waals surface area contributed by atoms with Gasteiger partial charge >= 0.3 is 5.97 Å². The number of rotatable bonds is 5. The molecule has 28 heavy (non-hydrogen) atoms. The summed E-state index contributed by atoms with van der Waals surface area (Å²) in [5, 5.41) is 9.39. The number of carboxylic acid groups (broad SMARTS) is 1. The number of nitrogens with two attached hydrogens (primary N) is 1. The Hall–Kier alpha value is -2.41. The summed E-state index contributed by atoms with van der Waals surface area (Å²) in [6.45, 7) is 5.30. The molecule has 0 aromatic carbocycles. The van der Waals surface area contributed by atoms with Gasteiger partial charge in [0.15, 0.2) is 5.82 Å². The van der Waals surface area contributed by atoms with Crippen molar-refractivity contribution in [1.82, 2.24) is 4.40 Å². The number of fused-ring (bicyclic) bond motifs is 1. The van der Waals surface area contributed by atoms with E-state index in [0.29, 0.717) is 29.2 Å². The molecule has 6 nitrogen and oxygen atoms in total. The number of halogens is 1. The lowest BCUT2D eigenvalue weighted by atomic mass is 9.98. The Kier molecular flexibility index (Phi) is 4.65. The van der Waals surface area contributed by atoms with Crippen LogP contribution in [0.2, 0.25) is 0 Å². The van der Waals surface area contributed by atoms with Crippen molar-refractivity contribution in [2.75, 3.05) is 18.0 Å². The molecule has 2 atom stereocenters. The van der Waals surface area contributed by atoms with Crippen molar-refractivity contribution in [3.05, 3.63) is 45.1 Å². The van der Waals surface area contributed by atoms with E-state index in [1.807, 2.05) is 11.8 Å². The molecule has 3 N–H and O–H groups in total. The topological polar surface area (TPSA) is 88.0 Å². The zero-order chi connectivity index (χ0) is 20.2. The van der Waals surface area contributed by atoms with E-state index in [9.17, 15) is 14.7 Å². The molecule has 2 unspecified atom stereocenters. The molecular formula is C21H26FN3O3. The van der Waals surface area contributed by atoms with E-state index >= 15 is 4.39 Å². The normalized spacial score (nSPS) is 20.7. The van der Waals surface area contributed by atoms with Crippen LogP contribution in [0.3, 0.4) is 0 Å². The summed E-state index contributed by atoms with van der Waals surface area (Å²) < 4.78 is 16.3. The van der Waals surface area contributed by atoms with Crippen LogP contribution in [0.15, 0.2) is 17.1 Å². The molecule has 0 bridgehead atoms. The molecule has 1 saturated carbocycles. The minimum absolute atomic E-state index is 0.0941. The second-order valence-corrected chi connectivity index (χ2v) is 8.13. The molecule has 1 saturated heterocycles. The van der Waals surface area contributed by atoms with Gasteiger partial charge in [0.1, 0.15) is 5.56 Å². The van der Waals surface area contributed by atoms with Gasteiger partial charge in [-0.3, -0.25) is 9.20 Å². The Morgan fingerprint density at radius 1 is 1.39 bits per heavy atom. The smallest absolute Gasteiger partial charge is 0.341 e. The van der Waals surface area contributed by atoms with Gasteiger partial charge in [-0.15, -0.1) is 0 Å². The molecule has 0 spiro atoms. The van der Waals surface area contributed by atoms with Crippen LogP contribution < -0.4 is 16.2 Å². The number of hydrogen-bond acceptors (Lipinski definition) is 4. The summed E-state index contributed by atoms with van der Waals surface area (Å²) in [6, 6.07) is 1.59. The highest BCUT2D eigenvalue weighted by molar-refractivity contribution is 5.89. The lowest BCUT2D eigenvalue weighted by Crippen LogP contribution is -2.32. The van der Waals surface area contributed by atoms with Crippen molar-refractivity contribution in [1.29, 1.82) is 0 Å². The minimum atomic E-state index is -1.28. The fraction of sp³-hybridized carbons (Fsp3) is 0.524. The first kappa shape index (κ1) is 18.9. The first-order chi connectivity index (χ1) is 13.3. The van der Waals surface area contributed by atoms with Crippen molar-refractivity contribution in [2.24, 2.45) is 11.7 Å². The highest BCUT2D eigenvalue weighted by atomic mass is 19.1. The first-order valence-corrected chi connectivity index (χ1v) is 9.95. The van der Waals surface area contributed by atoms with E-state index in [0.717, 1.165) is 44.0 Å². The van der Waals surface area contributed by atoms with E-state index in [2.05, 4.69) is 6.92 Å². The number of aromatic nitrogens is 1. The van der Waals surface area contributed by atoms with Gasteiger partial charge in [0.05, 0.1) is 17.4 Å². The number of pyridine rings is 2. The maximum Gasteiger partial charge on any atom is 0.341 e. The molecule has 2 aliphatic rings. The van der Waals surface area contributed by atoms with Gasteiger partial charge in [0, 0.05) is 19.1 Å². The molecule has 3 heterocycles. The van der Waals surface area contributed by atoms with Crippen molar-refractivity contribution in [3.8, 4) is 0 Å². The second kappa shape index (κ2) is 6.88. The third-order valence-electron chi connectivity index (χ3n) is 6.31. The van der Waals surface area contributed by atoms with Crippen molar-refractivity contribution < 1.29 is 14.3 Å². The Morgan fingerprint density at radius 2 is 2.11 bits per heavy atom. The zero-order valence-electron chi connectivity index (χ0n) is 16.2. The summed E-state index contributed by atoms with van der Waals surface area (Å²) in [5.41, 5.74) is 7.89. The average molecular weight is 387 g/mol. The van der Waals surface area contributed by atoms with E-state index in [1.165, 1.54) is 10.5 Å². The summed E-state index contributed by atoms with van der Waals surface area (Å²) in [5.74, 6) is -1.23. The molecule has 2 aromatic rings. The number of nitrogens with zero attached hydrogens (tertiary/aromatic N) is 2. The van der Waals surface area contributed by atoms with Crippen LogP contribution in [0.4, 0.5) is 10.1 Å². The summed E-state index contributed by atoms with van der Waals surface area (Å²) in [7, 11) is 0. The first-order valence-electron chi connectivity index (χ1n) is 9.95. The number of aryl methyl sites for hydroxylation is 1. The van der Waals surface area contributed by atoms with Crippen molar-refractivity contribution in [3.63, 3.8) is 0 Å². The maximum absolute atomic E-state index is 15.1. The van der Waals surface area contributed by atoms with Crippen LogP contribution in [-0.2, 0) is 0 Å². The number of anilines is 1. The predicted molar refractivity (Wildman–Crippen MR) is 106 cm³/mol. The summed E-state index contributed by atoms with van der Waals surface area (Å²) in [4.78, 5) is 26.2. The zero-order valence-corrected chi connectivity index (χ0v) is 16.2. The van der Waals surface area contributed by atoms with Crippen LogP contribution in [0.25, 0.3) is 5.52 Å². The van der Waals surface area contributed by atoms with Gasteiger partial charge in [0.25, 0.3) is 5.56 Å². The second-order valence-electron chi connectivity index (χ2n) is 8.13. The number of hydrogen-bond donors (Lipinski definition) is 2. The van der Waals surface area contributed by atoms with Gasteiger partial charge < -0.3 is 15.7 Å². The Bertz CT molecular complexity index is 1010. The van der Waals surface area contributed by atoms with E-state index in [-0.39, 0.29) is 17.5 Å². The third kappa shape index (κ3) is 2.98. The monoisotopic (exact) mass is 387 g/mol. The fourth-order valence-electron chi connectivity index (χ4n) is 4.56. The molecule has 1 aliphatic heterocycles. The van der Waals surface area contributed by atoms with E-state index in [1.54, 1.807) is 0 Å². The molecule has 2 aromatic heterocycles. The molecule has 1 aliphatic carbocycles. The van der Waals surface area contributed by atoms with Crippen LogP contribution in [0.1, 0.15) is 60.0 Å². The largest absolute Gasteiger partial charge is 0.477 e. The summed E-state index contributed by atoms with van der Waals surface area (Å²) >= 11 is 0. The lowest BCUT2D eigenvalue weighted by Gasteiger charge is -2.25. The maximum atomic E-state index is 15.1. The highest BCUT2D eigenvalue weighted by Gasteiger charge is 2.33. The van der Waals surface area contributed by atoms with Gasteiger partial charge in [-0.1, -0.05) is 6.92 Å². The Morgan fingerprint density at radius 3 is 2.71 bits per heavy atom. The molecule has 0 radical (unpaired) electrons. The van der Waals surface area contributed by atoms with Gasteiger partial charge in [-0.25, -0.2) is 9.18 Å². The summed E-state index contributed by atoms with van der Waals surface area (Å²) in [6.07, 6.45) is 4.87. The SMILES string of the molecule is CCC(N)C1CCN(c2c(F)cn3c(=O)c(C(=O)O)cc(C4CC4)c3c2C)C1. The van der Waals surface area contributed by atoms with Crippen molar-refractivity contribution in [2.45, 2.75) is 51.5 Å². The predicted octanol–water partition coefficient (Wildman–Crippen LogP) is 2.89. The molecule has 7 heteroatoms. The van der Waals surface area contributed by atoms with Gasteiger partial charge in [-0.05, 0) is 61.6 Å². The number of aromatic carboxylic acids is 1. The molecule has 2 fully saturated rings. The Labute approximate surface area is 162 Å². The quantitative estimate of drug-likeness (QED) is 0.824. The molecular weight excluding hydrogens is 361 g/mol. The number of carbonyl (C=O) groups is 1. The molecule has 0 amide bonds. The molecule has 150 valence electrons. The van der Waals surface area contributed by atoms with Crippen LogP contribution >= 0.6 is 0 Å². The van der Waals surface area contributed by atoms with Crippen LogP contribution in [0, 0.1) is 18.7 Å². The lowest BCUT2D eigenvalue weighted by molar-refractivity contribution is 0.0694. The number of carboxylic acids is 1. The fourth-order valence-corrected chi connectivity index (χ4v) is 4.56. The Balaban J connectivity index is 1.89. The van der Waals surface area contributed by atoms with E-state index in [4.69, 9.17) is 5.73 Å². The third-order valence-corrected chi connectivity index (χ3v) is 6.31.